The molecular weight excluding hydrogens is 444 g/mol. The number of aliphatic hydroxyl groups is 1. The molecule has 1 atom stereocenters. The molecule has 1 aliphatic rings. The van der Waals surface area contributed by atoms with Gasteiger partial charge in [0.15, 0.2) is 11.5 Å². The standard InChI is InChI=1S/C25H32N8O2/c1-6-33-24-22(17(4)30-33)23(32-9-7-8-18(32)13-34)28-25(29-24)27-21-12-31(14-26-21)19-10-15(2)16(3)20(11-19)35-5/h10-12,14,18,34H,6-9,13H2,1-5H3,(H,27,28,29)/t18-/m0/s1. The lowest BCUT2D eigenvalue weighted by Crippen LogP contribution is -2.33. The Labute approximate surface area is 204 Å². The smallest absolute Gasteiger partial charge is 0.232 e. The van der Waals surface area contributed by atoms with E-state index in [1.807, 2.05) is 42.3 Å². The fraction of sp³-hybridized carbons (Fsp3) is 0.440. The van der Waals surface area contributed by atoms with Gasteiger partial charge in [0.05, 0.1) is 42.7 Å². The number of hydrogen-bond acceptors (Lipinski definition) is 8. The van der Waals surface area contributed by atoms with Crippen LogP contribution in [0.3, 0.4) is 0 Å². The highest BCUT2D eigenvalue weighted by Gasteiger charge is 2.29. The van der Waals surface area contributed by atoms with Gasteiger partial charge in [0.2, 0.25) is 5.95 Å². The zero-order chi connectivity index (χ0) is 24.7. The van der Waals surface area contributed by atoms with Crippen molar-refractivity contribution >= 4 is 28.6 Å². The predicted octanol–water partition coefficient (Wildman–Crippen LogP) is 3.67. The number of imidazole rings is 1. The van der Waals surface area contributed by atoms with Gasteiger partial charge >= 0.3 is 0 Å². The number of nitrogens with one attached hydrogen (secondary N) is 1. The van der Waals surface area contributed by atoms with Gasteiger partial charge in [-0.25, -0.2) is 9.67 Å². The number of nitrogens with zero attached hydrogens (tertiary/aromatic N) is 7. The lowest BCUT2D eigenvalue weighted by atomic mass is 10.1. The molecule has 2 N–H and O–H groups in total. The fourth-order valence-electron chi connectivity index (χ4n) is 4.83. The first-order chi connectivity index (χ1) is 16.9. The third-order valence-electron chi connectivity index (χ3n) is 6.85. The minimum atomic E-state index is 0.0456. The number of aromatic nitrogens is 6. The Morgan fingerprint density at radius 3 is 2.77 bits per heavy atom. The molecule has 0 bridgehead atoms. The quantitative estimate of drug-likeness (QED) is 0.416. The van der Waals surface area contributed by atoms with Crippen molar-refractivity contribution in [1.82, 2.24) is 29.3 Å². The van der Waals surface area contributed by atoms with Crippen LogP contribution in [-0.2, 0) is 6.54 Å². The third kappa shape index (κ3) is 4.07. The Balaban J connectivity index is 1.53. The molecular formula is C25H32N8O2. The maximum Gasteiger partial charge on any atom is 0.232 e. The number of aliphatic hydroxyl groups excluding tert-OH is 1. The zero-order valence-electron chi connectivity index (χ0n) is 20.9. The van der Waals surface area contributed by atoms with Crippen LogP contribution in [0.15, 0.2) is 24.7 Å². The molecule has 0 unspecified atom stereocenters. The minimum absolute atomic E-state index is 0.0456. The lowest BCUT2D eigenvalue weighted by molar-refractivity contribution is 0.266. The van der Waals surface area contributed by atoms with Gasteiger partial charge in [0, 0.05) is 19.2 Å². The Morgan fingerprint density at radius 1 is 1.20 bits per heavy atom. The molecule has 3 aromatic heterocycles. The van der Waals surface area contributed by atoms with Crippen LogP contribution in [0.5, 0.6) is 5.75 Å². The first kappa shape index (κ1) is 23.1. The van der Waals surface area contributed by atoms with Crippen molar-refractivity contribution in [2.24, 2.45) is 0 Å². The van der Waals surface area contributed by atoms with E-state index in [4.69, 9.17) is 14.7 Å². The number of aryl methyl sites for hydroxylation is 3. The summed E-state index contributed by atoms with van der Waals surface area (Å²) in [6.07, 6.45) is 5.62. The van der Waals surface area contributed by atoms with E-state index in [2.05, 4.69) is 33.3 Å². The van der Waals surface area contributed by atoms with Crippen LogP contribution in [0.2, 0.25) is 0 Å². The van der Waals surface area contributed by atoms with Gasteiger partial charge in [-0.2, -0.15) is 15.1 Å². The van der Waals surface area contributed by atoms with E-state index in [0.717, 1.165) is 64.5 Å². The number of fused-ring (bicyclic) bond motifs is 1. The van der Waals surface area contributed by atoms with Crippen LogP contribution >= 0.6 is 0 Å². The molecule has 1 aliphatic heterocycles. The topological polar surface area (TPSA) is 106 Å². The van der Waals surface area contributed by atoms with Crippen LogP contribution in [-0.4, -0.2) is 60.7 Å². The van der Waals surface area contributed by atoms with E-state index in [9.17, 15) is 5.11 Å². The second kappa shape index (κ2) is 9.18. The Hall–Kier alpha value is -3.66. The largest absolute Gasteiger partial charge is 0.496 e. The maximum absolute atomic E-state index is 9.94. The summed E-state index contributed by atoms with van der Waals surface area (Å²) in [5.41, 5.74) is 4.90. The number of ether oxygens (including phenoxy) is 1. The van der Waals surface area contributed by atoms with Gasteiger partial charge in [-0.15, -0.1) is 0 Å². The van der Waals surface area contributed by atoms with Crippen LogP contribution in [0, 0.1) is 20.8 Å². The van der Waals surface area contributed by atoms with Gasteiger partial charge in [-0.05, 0) is 57.7 Å². The molecule has 1 fully saturated rings. The summed E-state index contributed by atoms with van der Waals surface area (Å²) in [7, 11) is 1.68. The van der Waals surface area contributed by atoms with E-state index in [-0.39, 0.29) is 12.6 Å². The summed E-state index contributed by atoms with van der Waals surface area (Å²) in [6.45, 7) is 9.79. The van der Waals surface area contributed by atoms with Crippen molar-refractivity contribution in [3.63, 3.8) is 0 Å². The molecule has 1 aromatic carbocycles. The highest BCUT2D eigenvalue weighted by molar-refractivity contribution is 5.91. The van der Waals surface area contributed by atoms with E-state index >= 15 is 0 Å². The number of anilines is 3. The summed E-state index contributed by atoms with van der Waals surface area (Å²) in [4.78, 5) is 16.4. The molecule has 184 valence electrons. The van der Waals surface area contributed by atoms with E-state index in [1.165, 1.54) is 0 Å². The maximum atomic E-state index is 9.94. The van der Waals surface area contributed by atoms with E-state index in [0.29, 0.717) is 18.3 Å². The van der Waals surface area contributed by atoms with E-state index < -0.39 is 0 Å². The summed E-state index contributed by atoms with van der Waals surface area (Å²) in [6, 6.07) is 4.15. The van der Waals surface area contributed by atoms with Crippen molar-refractivity contribution in [1.29, 1.82) is 0 Å². The molecule has 5 rings (SSSR count). The minimum Gasteiger partial charge on any atom is -0.496 e. The average Bonchev–Trinajstić information content (AvgIpc) is 3.59. The highest BCUT2D eigenvalue weighted by atomic mass is 16.5. The molecule has 0 spiro atoms. The molecule has 0 saturated carbocycles. The zero-order valence-corrected chi connectivity index (χ0v) is 20.9. The first-order valence-corrected chi connectivity index (χ1v) is 12.0. The Kier molecular flexibility index (Phi) is 6.06. The van der Waals surface area contributed by atoms with Gasteiger partial charge in [0.1, 0.15) is 17.9 Å². The summed E-state index contributed by atoms with van der Waals surface area (Å²) < 4.78 is 9.37. The fourth-order valence-corrected chi connectivity index (χ4v) is 4.83. The van der Waals surface area contributed by atoms with Crippen molar-refractivity contribution in [3.05, 3.63) is 41.5 Å². The van der Waals surface area contributed by atoms with Crippen molar-refractivity contribution in [3.8, 4) is 11.4 Å². The van der Waals surface area contributed by atoms with Crippen LogP contribution < -0.4 is 15.0 Å². The van der Waals surface area contributed by atoms with Gasteiger partial charge in [-0.1, -0.05) is 0 Å². The lowest BCUT2D eigenvalue weighted by Gasteiger charge is -2.25. The third-order valence-corrected chi connectivity index (χ3v) is 6.85. The van der Waals surface area contributed by atoms with Crippen molar-refractivity contribution in [2.45, 2.75) is 53.1 Å². The van der Waals surface area contributed by atoms with Crippen LogP contribution in [0.4, 0.5) is 17.6 Å². The number of methoxy groups -OCH3 is 1. The van der Waals surface area contributed by atoms with Crippen LogP contribution in [0.25, 0.3) is 16.7 Å². The number of benzene rings is 1. The number of hydrogen-bond donors (Lipinski definition) is 2. The Bertz CT molecular complexity index is 1380. The SMILES string of the molecule is CCn1nc(C)c2c(N3CCC[C@H]3CO)nc(Nc3cn(-c4cc(C)c(C)c(OC)c4)cn3)nc21. The van der Waals surface area contributed by atoms with Gasteiger partial charge < -0.3 is 24.6 Å². The molecule has 0 amide bonds. The van der Waals surface area contributed by atoms with Gasteiger partial charge in [-0.3, -0.25) is 0 Å². The second-order valence-corrected chi connectivity index (χ2v) is 9.02. The molecule has 35 heavy (non-hydrogen) atoms. The second-order valence-electron chi connectivity index (χ2n) is 9.02. The average molecular weight is 477 g/mol. The summed E-state index contributed by atoms with van der Waals surface area (Å²) in [5.74, 6) is 2.74. The normalized spacial score (nSPS) is 15.8. The first-order valence-electron chi connectivity index (χ1n) is 12.0. The molecule has 0 radical (unpaired) electrons. The molecule has 10 nitrogen and oxygen atoms in total. The van der Waals surface area contributed by atoms with Crippen LogP contribution in [0.1, 0.15) is 36.6 Å². The molecule has 10 heteroatoms. The van der Waals surface area contributed by atoms with E-state index in [1.54, 1.807) is 13.4 Å². The predicted molar refractivity (Wildman–Crippen MR) is 136 cm³/mol. The molecule has 1 saturated heterocycles. The molecule has 0 aliphatic carbocycles. The van der Waals surface area contributed by atoms with Crippen molar-refractivity contribution < 1.29 is 9.84 Å². The highest BCUT2D eigenvalue weighted by Crippen LogP contribution is 2.33. The molecule has 4 aromatic rings. The summed E-state index contributed by atoms with van der Waals surface area (Å²) in [5, 5.41) is 18.8. The number of rotatable bonds is 7. The van der Waals surface area contributed by atoms with Gasteiger partial charge in [0.25, 0.3) is 0 Å². The van der Waals surface area contributed by atoms with Crippen molar-refractivity contribution in [2.75, 3.05) is 30.5 Å². The molecule has 4 heterocycles. The summed E-state index contributed by atoms with van der Waals surface area (Å²) >= 11 is 0. The Morgan fingerprint density at radius 2 is 2.03 bits per heavy atom. The monoisotopic (exact) mass is 476 g/mol.